The Hall–Kier alpha value is -0.0800. The number of nitrogens with one attached hydrogen (secondary N) is 1. The van der Waals surface area contributed by atoms with Crippen LogP contribution >= 0.6 is 0 Å². The lowest BCUT2D eigenvalue weighted by Gasteiger charge is -2.41. The molecule has 2 saturated heterocycles. The molecular formula is C11H22N2. The molecule has 76 valence electrons. The zero-order valence-electron chi connectivity index (χ0n) is 8.76. The lowest BCUT2D eigenvalue weighted by Crippen LogP contribution is -2.51. The Morgan fingerprint density at radius 1 is 1.23 bits per heavy atom. The smallest absolute Gasteiger partial charge is 0.00220 e. The molecule has 0 aromatic carbocycles. The van der Waals surface area contributed by atoms with Crippen LogP contribution in [-0.2, 0) is 0 Å². The average molecular weight is 182 g/mol. The van der Waals surface area contributed by atoms with Crippen molar-refractivity contribution in [3.8, 4) is 0 Å². The Morgan fingerprint density at radius 2 is 1.92 bits per heavy atom. The van der Waals surface area contributed by atoms with Crippen molar-refractivity contribution in [3.05, 3.63) is 0 Å². The van der Waals surface area contributed by atoms with Gasteiger partial charge in [-0.05, 0) is 44.3 Å². The monoisotopic (exact) mass is 182 g/mol. The largest absolute Gasteiger partial charge is 0.316 e. The van der Waals surface area contributed by atoms with Crippen LogP contribution in [0.1, 0.15) is 26.2 Å². The Balaban J connectivity index is 1.80. The molecule has 2 atom stereocenters. The zero-order chi connectivity index (χ0) is 9.10. The molecule has 0 radical (unpaired) electrons. The van der Waals surface area contributed by atoms with Gasteiger partial charge in [-0.1, -0.05) is 13.3 Å². The van der Waals surface area contributed by atoms with E-state index < -0.39 is 0 Å². The number of rotatable bonds is 3. The van der Waals surface area contributed by atoms with Crippen LogP contribution in [0.25, 0.3) is 0 Å². The van der Waals surface area contributed by atoms with E-state index in [1.54, 1.807) is 0 Å². The Kier molecular flexibility index (Phi) is 3.23. The molecule has 2 fully saturated rings. The number of fused-ring (bicyclic) bond motifs is 2. The van der Waals surface area contributed by atoms with Gasteiger partial charge in [0.25, 0.3) is 0 Å². The second-order valence-corrected chi connectivity index (χ2v) is 4.74. The molecule has 0 aromatic rings. The van der Waals surface area contributed by atoms with Crippen LogP contribution in [0.2, 0.25) is 0 Å². The van der Waals surface area contributed by atoms with Gasteiger partial charge in [0.15, 0.2) is 0 Å². The van der Waals surface area contributed by atoms with Gasteiger partial charge in [-0.2, -0.15) is 0 Å². The molecule has 1 N–H and O–H groups in total. The molecule has 0 aliphatic carbocycles. The minimum Gasteiger partial charge on any atom is -0.316 e. The van der Waals surface area contributed by atoms with Crippen molar-refractivity contribution >= 4 is 0 Å². The summed E-state index contributed by atoms with van der Waals surface area (Å²) in [6.45, 7) is 8.85. The summed E-state index contributed by atoms with van der Waals surface area (Å²) in [4.78, 5) is 2.68. The van der Waals surface area contributed by atoms with Gasteiger partial charge in [-0.25, -0.2) is 0 Å². The summed E-state index contributed by atoms with van der Waals surface area (Å²) < 4.78 is 0. The highest BCUT2D eigenvalue weighted by molar-refractivity contribution is 4.85. The molecule has 0 amide bonds. The van der Waals surface area contributed by atoms with Gasteiger partial charge in [-0.3, -0.25) is 0 Å². The second kappa shape index (κ2) is 4.43. The third kappa shape index (κ3) is 2.44. The molecule has 0 unspecified atom stereocenters. The van der Waals surface area contributed by atoms with E-state index in [1.165, 1.54) is 52.0 Å². The molecule has 2 nitrogen and oxygen atoms in total. The van der Waals surface area contributed by atoms with Gasteiger partial charge < -0.3 is 10.2 Å². The minimum atomic E-state index is 0.948. The van der Waals surface area contributed by atoms with Gasteiger partial charge in [-0.15, -0.1) is 0 Å². The highest BCUT2D eigenvalue weighted by Gasteiger charge is 2.29. The molecule has 0 saturated carbocycles. The predicted molar refractivity (Wildman–Crippen MR) is 55.8 cm³/mol. The maximum atomic E-state index is 3.54. The standard InChI is InChI=1S/C11H22N2/c1-2-3-4-13-8-10-5-11(9-13)7-12-6-10/h10-12H,2-9H2,1H3/t10-,11-/m0/s1. The predicted octanol–water partition coefficient (Wildman–Crippen LogP) is 1.33. The van der Waals surface area contributed by atoms with Crippen LogP contribution in [0.15, 0.2) is 0 Å². The Labute approximate surface area is 81.7 Å². The Bertz CT molecular complexity index is 146. The van der Waals surface area contributed by atoms with Gasteiger partial charge >= 0.3 is 0 Å². The van der Waals surface area contributed by atoms with Crippen molar-refractivity contribution in [2.45, 2.75) is 26.2 Å². The van der Waals surface area contributed by atoms with Gasteiger partial charge in [0.2, 0.25) is 0 Å². The summed E-state index contributed by atoms with van der Waals surface area (Å²) in [5.41, 5.74) is 0. The fourth-order valence-corrected chi connectivity index (χ4v) is 2.78. The van der Waals surface area contributed by atoms with Gasteiger partial charge in [0.05, 0.1) is 0 Å². The summed E-state index contributed by atoms with van der Waals surface area (Å²) in [5, 5.41) is 3.54. The first-order valence-corrected chi connectivity index (χ1v) is 5.81. The summed E-state index contributed by atoms with van der Waals surface area (Å²) in [5.74, 6) is 1.90. The summed E-state index contributed by atoms with van der Waals surface area (Å²) in [7, 11) is 0. The van der Waals surface area contributed by atoms with E-state index in [9.17, 15) is 0 Å². The molecule has 2 bridgehead atoms. The summed E-state index contributed by atoms with van der Waals surface area (Å²) in [6.07, 6.45) is 4.20. The molecular weight excluding hydrogens is 160 g/mol. The van der Waals surface area contributed by atoms with E-state index in [0.717, 1.165) is 11.8 Å². The second-order valence-electron chi connectivity index (χ2n) is 4.74. The highest BCUT2D eigenvalue weighted by atomic mass is 15.2. The molecule has 2 rings (SSSR count). The van der Waals surface area contributed by atoms with Crippen LogP contribution in [-0.4, -0.2) is 37.6 Å². The van der Waals surface area contributed by atoms with Crippen LogP contribution in [0.3, 0.4) is 0 Å². The topological polar surface area (TPSA) is 15.3 Å². The highest BCUT2D eigenvalue weighted by Crippen LogP contribution is 2.24. The van der Waals surface area contributed by atoms with Crippen molar-refractivity contribution in [1.29, 1.82) is 0 Å². The number of piperidine rings is 2. The third-order valence-electron chi connectivity index (χ3n) is 3.39. The van der Waals surface area contributed by atoms with Crippen LogP contribution in [0.4, 0.5) is 0 Å². The van der Waals surface area contributed by atoms with Crippen LogP contribution in [0, 0.1) is 11.8 Å². The number of hydrogen-bond donors (Lipinski definition) is 1. The van der Waals surface area contributed by atoms with Crippen molar-refractivity contribution in [1.82, 2.24) is 10.2 Å². The first kappa shape index (κ1) is 9.47. The first-order valence-electron chi connectivity index (χ1n) is 5.81. The van der Waals surface area contributed by atoms with Crippen molar-refractivity contribution in [2.24, 2.45) is 11.8 Å². The van der Waals surface area contributed by atoms with Gasteiger partial charge in [0.1, 0.15) is 0 Å². The van der Waals surface area contributed by atoms with E-state index in [-0.39, 0.29) is 0 Å². The quantitative estimate of drug-likeness (QED) is 0.708. The lowest BCUT2D eigenvalue weighted by atomic mass is 9.86. The molecule has 2 heterocycles. The maximum absolute atomic E-state index is 3.54. The van der Waals surface area contributed by atoms with E-state index >= 15 is 0 Å². The van der Waals surface area contributed by atoms with E-state index in [1.807, 2.05) is 0 Å². The number of hydrogen-bond acceptors (Lipinski definition) is 2. The van der Waals surface area contributed by atoms with E-state index in [4.69, 9.17) is 0 Å². The fourth-order valence-electron chi connectivity index (χ4n) is 2.78. The first-order chi connectivity index (χ1) is 6.38. The number of likely N-dealkylation sites (tertiary alicyclic amines) is 1. The minimum absolute atomic E-state index is 0.948. The normalized spacial score (nSPS) is 34.8. The fraction of sp³-hybridized carbons (Fsp3) is 1.00. The number of unbranched alkanes of at least 4 members (excludes halogenated alkanes) is 1. The average Bonchev–Trinajstić information content (AvgIpc) is 2.14. The van der Waals surface area contributed by atoms with E-state index in [0.29, 0.717) is 0 Å². The lowest BCUT2D eigenvalue weighted by molar-refractivity contribution is 0.0963. The zero-order valence-corrected chi connectivity index (χ0v) is 8.76. The molecule has 2 aliphatic heterocycles. The van der Waals surface area contributed by atoms with Crippen LogP contribution < -0.4 is 5.32 Å². The van der Waals surface area contributed by atoms with Crippen molar-refractivity contribution in [3.63, 3.8) is 0 Å². The van der Waals surface area contributed by atoms with Gasteiger partial charge in [0, 0.05) is 13.1 Å². The van der Waals surface area contributed by atoms with Crippen molar-refractivity contribution < 1.29 is 0 Å². The molecule has 13 heavy (non-hydrogen) atoms. The van der Waals surface area contributed by atoms with E-state index in [2.05, 4.69) is 17.1 Å². The molecule has 0 aromatic heterocycles. The Morgan fingerprint density at radius 3 is 2.54 bits per heavy atom. The maximum Gasteiger partial charge on any atom is 0.00220 e. The summed E-state index contributed by atoms with van der Waals surface area (Å²) in [6, 6.07) is 0. The SMILES string of the molecule is CCCCN1C[C@@H]2CNC[C@H](C2)C1. The molecule has 2 heteroatoms. The van der Waals surface area contributed by atoms with Crippen LogP contribution in [0.5, 0.6) is 0 Å². The van der Waals surface area contributed by atoms with Crippen molar-refractivity contribution in [2.75, 3.05) is 32.7 Å². The third-order valence-corrected chi connectivity index (χ3v) is 3.39. The summed E-state index contributed by atoms with van der Waals surface area (Å²) >= 11 is 0. The molecule has 2 aliphatic rings. The number of nitrogens with zero attached hydrogens (tertiary/aromatic N) is 1. The molecule has 0 spiro atoms.